The molecule has 0 radical (unpaired) electrons. The highest BCUT2D eigenvalue weighted by Gasteiger charge is 2.13. The first-order valence-electron chi connectivity index (χ1n) is 6.48. The highest BCUT2D eigenvalue weighted by molar-refractivity contribution is 5.12. The summed E-state index contributed by atoms with van der Waals surface area (Å²) >= 11 is 0. The molecule has 0 amide bonds. The van der Waals surface area contributed by atoms with Crippen LogP contribution < -0.4 is 0 Å². The monoisotopic (exact) mass is 234 g/mol. The summed E-state index contributed by atoms with van der Waals surface area (Å²) in [5.41, 5.74) is 2.61. The lowest BCUT2D eigenvalue weighted by Gasteiger charge is -2.32. The van der Waals surface area contributed by atoms with Crippen molar-refractivity contribution in [1.82, 2.24) is 9.80 Å². The minimum atomic E-state index is 1.03. The zero-order valence-electron chi connectivity index (χ0n) is 11.4. The van der Waals surface area contributed by atoms with Gasteiger partial charge in [-0.3, -0.25) is 4.90 Å². The summed E-state index contributed by atoms with van der Waals surface area (Å²) < 4.78 is 0. The molecule has 2 heteroatoms. The number of likely N-dealkylation sites (N-methyl/N-ethyl adjacent to an activating group) is 1. The predicted octanol–water partition coefficient (Wildman–Crippen LogP) is 2.70. The van der Waals surface area contributed by atoms with E-state index in [0.29, 0.717) is 0 Å². The van der Waals surface area contributed by atoms with Gasteiger partial charge in [-0.05, 0) is 26.8 Å². The molecule has 0 aromatic heterocycles. The molecular formula is C15H26N2. The summed E-state index contributed by atoms with van der Waals surface area (Å²) in [4.78, 5) is 4.93. The third-order valence-corrected chi connectivity index (χ3v) is 3.32. The lowest BCUT2D eigenvalue weighted by molar-refractivity contribution is 0.164. The van der Waals surface area contributed by atoms with E-state index in [1.165, 1.54) is 31.8 Å². The average Bonchev–Trinajstić information content (AvgIpc) is 2.32. The third kappa shape index (κ3) is 5.85. The molecule has 17 heavy (non-hydrogen) atoms. The fraction of sp³-hybridized carbons (Fsp3) is 0.600. The zero-order valence-corrected chi connectivity index (χ0v) is 11.4. The van der Waals surface area contributed by atoms with Crippen molar-refractivity contribution >= 4 is 0 Å². The topological polar surface area (TPSA) is 6.48 Å². The van der Waals surface area contributed by atoms with Crippen LogP contribution >= 0.6 is 0 Å². The molecule has 0 aromatic rings. The van der Waals surface area contributed by atoms with Crippen LogP contribution in [0.2, 0.25) is 0 Å². The molecule has 1 fully saturated rings. The number of piperazine rings is 1. The van der Waals surface area contributed by atoms with Crippen LogP contribution in [0.5, 0.6) is 0 Å². The molecule has 1 aliphatic rings. The smallest absolute Gasteiger partial charge is 0.0191 e. The summed E-state index contributed by atoms with van der Waals surface area (Å²) in [5, 5.41) is 0. The Kier molecular flexibility index (Phi) is 6.23. The van der Waals surface area contributed by atoms with E-state index in [1.807, 2.05) is 6.08 Å². The van der Waals surface area contributed by atoms with E-state index in [0.717, 1.165) is 25.0 Å². The molecule has 0 N–H and O–H groups in total. The van der Waals surface area contributed by atoms with Gasteiger partial charge in [-0.1, -0.05) is 36.5 Å². The Morgan fingerprint density at radius 3 is 2.47 bits per heavy atom. The van der Waals surface area contributed by atoms with Gasteiger partial charge in [-0.15, -0.1) is 0 Å². The molecule has 0 atom stereocenters. The maximum absolute atomic E-state index is 3.93. The Bertz CT molecular complexity index is 283. The van der Waals surface area contributed by atoms with Crippen molar-refractivity contribution < 1.29 is 0 Å². The maximum Gasteiger partial charge on any atom is 0.0191 e. The summed E-state index contributed by atoms with van der Waals surface area (Å²) in [5.74, 6) is 0. The van der Waals surface area contributed by atoms with E-state index >= 15 is 0 Å². The van der Waals surface area contributed by atoms with Crippen molar-refractivity contribution in [3.63, 3.8) is 0 Å². The van der Waals surface area contributed by atoms with Gasteiger partial charge in [0, 0.05) is 32.7 Å². The Labute approximate surface area is 106 Å². The molecule has 1 rings (SSSR count). The molecule has 2 nitrogen and oxygen atoms in total. The van der Waals surface area contributed by atoms with Crippen LogP contribution in [0.25, 0.3) is 0 Å². The third-order valence-electron chi connectivity index (χ3n) is 3.32. The quantitative estimate of drug-likeness (QED) is 0.515. The molecule has 1 heterocycles. The standard InChI is InChI=1S/C15H26N2/c1-5-14(2)7-6-8-15(3)13-17-11-9-16(4)10-12-17/h5,8H,1-2,6-7,9-13H2,3-4H3/b15-8+. The zero-order chi connectivity index (χ0) is 12.7. The van der Waals surface area contributed by atoms with Crippen molar-refractivity contribution in [2.75, 3.05) is 39.8 Å². The van der Waals surface area contributed by atoms with Gasteiger partial charge < -0.3 is 4.90 Å². The minimum Gasteiger partial charge on any atom is -0.304 e. The van der Waals surface area contributed by atoms with E-state index < -0.39 is 0 Å². The van der Waals surface area contributed by atoms with Gasteiger partial charge >= 0.3 is 0 Å². The number of nitrogens with zero attached hydrogens (tertiary/aromatic N) is 2. The molecule has 0 bridgehead atoms. The second-order valence-electron chi connectivity index (χ2n) is 5.03. The van der Waals surface area contributed by atoms with E-state index in [1.54, 1.807) is 0 Å². The molecule has 1 saturated heterocycles. The number of hydrogen-bond acceptors (Lipinski definition) is 2. The Morgan fingerprint density at radius 2 is 1.88 bits per heavy atom. The van der Waals surface area contributed by atoms with Crippen LogP contribution in [-0.4, -0.2) is 49.6 Å². The van der Waals surface area contributed by atoms with Crippen LogP contribution in [0.4, 0.5) is 0 Å². The van der Waals surface area contributed by atoms with Gasteiger partial charge in [0.05, 0.1) is 0 Å². The molecule has 0 aliphatic carbocycles. The Morgan fingerprint density at radius 1 is 1.24 bits per heavy atom. The van der Waals surface area contributed by atoms with E-state index in [2.05, 4.69) is 43.0 Å². The fourth-order valence-electron chi connectivity index (χ4n) is 2.03. The van der Waals surface area contributed by atoms with Crippen molar-refractivity contribution in [2.24, 2.45) is 0 Å². The van der Waals surface area contributed by atoms with Gasteiger partial charge in [-0.2, -0.15) is 0 Å². The molecule has 0 aromatic carbocycles. The second kappa shape index (κ2) is 7.46. The highest BCUT2D eigenvalue weighted by atomic mass is 15.2. The number of rotatable bonds is 6. The SMILES string of the molecule is C=CC(=C)CC/C=C(\C)CN1CCN(C)CC1. The van der Waals surface area contributed by atoms with Crippen molar-refractivity contribution in [3.8, 4) is 0 Å². The first kappa shape index (κ1) is 14.2. The van der Waals surface area contributed by atoms with Crippen LogP contribution in [0, 0.1) is 0 Å². The van der Waals surface area contributed by atoms with Gasteiger partial charge in [0.2, 0.25) is 0 Å². The first-order valence-corrected chi connectivity index (χ1v) is 6.48. The van der Waals surface area contributed by atoms with E-state index in [-0.39, 0.29) is 0 Å². The van der Waals surface area contributed by atoms with Crippen molar-refractivity contribution in [3.05, 3.63) is 36.5 Å². The average molecular weight is 234 g/mol. The van der Waals surface area contributed by atoms with Gasteiger partial charge in [0.1, 0.15) is 0 Å². The Balaban J connectivity index is 2.23. The fourth-order valence-corrected chi connectivity index (χ4v) is 2.03. The maximum atomic E-state index is 3.93. The lowest BCUT2D eigenvalue weighted by atomic mass is 10.1. The normalized spacial score (nSPS) is 19.3. The van der Waals surface area contributed by atoms with Crippen LogP contribution in [0.15, 0.2) is 36.5 Å². The Hall–Kier alpha value is -0.860. The predicted molar refractivity (Wildman–Crippen MR) is 76.3 cm³/mol. The van der Waals surface area contributed by atoms with Crippen molar-refractivity contribution in [1.29, 1.82) is 0 Å². The lowest BCUT2D eigenvalue weighted by Crippen LogP contribution is -2.44. The summed E-state index contributed by atoms with van der Waals surface area (Å²) in [6.45, 7) is 15.8. The minimum absolute atomic E-state index is 1.03. The number of hydrogen-bond donors (Lipinski definition) is 0. The molecule has 0 unspecified atom stereocenters. The molecule has 0 spiro atoms. The van der Waals surface area contributed by atoms with E-state index in [9.17, 15) is 0 Å². The van der Waals surface area contributed by atoms with Gasteiger partial charge in [-0.25, -0.2) is 0 Å². The van der Waals surface area contributed by atoms with E-state index in [4.69, 9.17) is 0 Å². The highest BCUT2D eigenvalue weighted by Crippen LogP contribution is 2.08. The summed E-state index contributed by atoms with van der Waals surface area (Å²) in [6, 6.07) is 0. The molecule has 0 saturated carbocycles. The first-order chi connectivity index (χ1) is 8.11. The largest absolute Gasteiger partial charge is 0.304 e. The van der Waals surface area contributed by atoms with Crippen LogP contribution in [0.3, 0.4) is 0 Å². The van der Waals surface area contributed by atoms with Crippen molar-refractivity contribution in [2.45, 2.75) is 19.8 Å². The summed E-state index contributed by atoms with van der Waals surface area (Å²) in [7, 11) is 2.20. The molecule has 1 aliphatic heterocycles. The molecular weight excluding hydrogens is 208 g/mol. The molecule has 96 valence electrons. The number of allylic oxidation sites excluding steroid dienone is 3. The van der Waals surface area contributed by atoms with Crippen LogP contribution in [0.1, 0.15) is 19.8 Å². The van der Waals surface area contributed by atoms with Crippen LogP contribution in [-0.2, 0) is 0 Å². The second-order valence-corrected chi connectivity index (χ2v) is 5.03. The van der Waals surface area contributed by atoms with Gasteiger partial charge in [0.15, 0.2) is 0 Å². The van der Waals surface area contributed by atoms with Gasteiger partial charge in [0.25, 0.3) is 0 Å². The summed E-state index contributed by atoms with van der Waals surface area (Å²) in [6.07, 6.45) is 6.31.